The number of hydrogen-bond acceptors (Lipinski definition) is 6. The van der Waals surface area contributed by atoms with Crippen molar-refractivity contribution in [2.24, 2.45) is 5.73 Å². The average Bonchev–Trinajstić information content (AvgIpc) is 3.21. The largest absolute Gasteiger partial charge is 0.337 e. The molecule has 0 radical (unpaired) electrons. The third kappa shape index (κ3) is 3.05. The lowest BCUT2D eigenvalue weighted by atomic mass is 9.99. The topological polar surface area (TPSA) is 99.8 Å². The summed E-state index contributed by atoms with van der Waals surface area (Å²) in [5.74, 6) is 1.53. The summed E-state index contributed by atoms with van der Waals surface area (Å²) in [6.45, 7) is 2.00. The SMILES string of the molecule is Cc1nc2ccccc2c(=O)n1Cc1nc(C2(N)CCCC2)no1.Cl. The van der Waals surface area contributed by atoms with Gasteiger partial charge < -0.3 is 10.3 Å². The van der Waals surface area contributed by atoms with E-state index < -0.39 is 5.54 Å². The number of fused-ring (bicyclic) bond motifs is 1. The van der Waals surface area contributed by atoms with E-state index >= 15 is 0 Å². The maximum absolute atomic E-state index is 12.7. The molecule has 1 fully saturated rings. The normalized spacial score (nSPS) is 16.1. The Bertz CT molecular complexity index is 959. The van der Waals surface area contributed by atoms with Crippen LogP contribution in [0.1, 0.15) is 43.2 Å². The molecule has 2 aromatic heterocycles. The van der Waals surface area contributed by atoms with Gasteiger partial charge in [0.25, 0.3) is 5.56 Å². The Hall–Kier alpha value is -2.25. The van der Waals surface area contributed by atoms with Crippen LogP contribution in [0.3, 0.4) is 0 Å². The van der Waals surface area contributed by atoms with E-state index in [0.717, 1.165) is 25.7 Å². The summed E-state index contributed by atoms with van der Waals surface area (Å²) in [5, 5.41) is 4.62. The maximum Gasteiger partial charge on any atom is 0.261 e. The highest BCUT2D eigenvalue weighted by molar-refractivity contribution is 5.85. The lowest BCUT2D eigenvalue weighted by molar-refractivity contribution is 0.343. The predicted molar refractivity (Wildman–Crippen MR) is 95.7 cm³/mol. The quantitative estimate of drug-likeness (QED) is 0.768. The number of nitrogens with two attached hydrogens (primary N) is 1. The van der Waals surface area contributed by atoms with Gasteiger partial charge in [0.05, 0.1) is 16.4 Å². The first kappa shape index (κ1) is 17.6. The van der Waals surface area contributed by atoms with Gasteiger partial charge in [-0.05, 0) is 31.9 Å². The van der Waals surface area contributed by atoms with Crippen molar-refractivity contribution in [1.82, 2.24) is 19.7 Å². The molecule has 1 saturated carbocycles. The van der Waals surface area contributed by atoms with Crippen molar-refractivity contribution < 1.29 is 4.52 Å². The van der Waals surface area contributed by atoms with Gasteiger partial charge >= 0.3 is 0 Å². The molecular formula is C17H20ClN5O2. The first-order chi connectivity index (χ1) is 11.6. The second-order valence-electron chi connectivity index (χ2n) is 6.44. The predicted octanol–water partition coefficient (Wildman–Crippen LogP) is 2.29. The van der Waals surface area contributed by atoms with Crippen molar-refractivity contribution in [2.75, 3.05) is 0 Å². The molecule has 2 heterocycles. The van der Waals surface area contributed by atoms with Crippen LogP contribution in [0.5, 0.6) is 0 Å². The van der Waals surface area contributed by atoms with Crippen LogP contribution in [0, 0.1) is 6.92 Å². The molecule has 25 heavy (non-hydrogen) atoms. The zero-order chi connectivity index (χ0) is 16.7. The van der Waals surface area contributed by atoms with E-state index in [1.54, 1.807) is 17.6 Å². The number of hydrogen-bond donors (Lipinski definition) is 1. The number of nitrogens with zero attached hydrogens (tertiary/aromatic N) is 4. The van der Waals surface area contributed by atoms with Gasteiger partial charge in [-0.2, -0.15) is 4.98 Å². The average molecular weight is 362 g/mol. The molecule has 8 heteroatoms. The molecule has 0 amide bonds. The van der Waals surface area contributed by atoms with Crippen molar-refractivity contribution in [3.8, 4) is 0 Å². The fourth-order valence-electron chi connectivity index (χ4n) is 3.35. The minimum Gasteiger partial charge on any atom is -0.337 e. The zero-order valence-corrected chi connectivity index (χ0v) is 14.8. The van der Waals surface area contributed by atoms with Gasteiger partial charge in [0, 0.05) is 0 Å². The number of para-hydroxylation sites is 1. The first-order valence-corrected chi connectivity index (χ1v) is 8.15. The molecule has 0 atom stereocenters. The molecule has 3 aromatic rings. The van der Waals surface area contributed by atoms with Gasteiger partial charge in [-0.3, -0.25) is 9.36 Å². The maximum atomic E-state index is 12.7. The molecule has 132 valence electrons. The fraction of sp³-hybridized carbons (Fsp3) is 0.412. The summed E-state index contributed by atoms with van der Waals surface area (Å²) in [5.41, 5.74) is 6.44. The number of aromatic nitrogens is 4. The van der Waals surface area contributed by atoms with E-state index in [1.807, 2.05) is 18.2 Å². The van der Waals surface area contributed by atoms with Crippen LogP contribution in [0.15, 0.2) is 33.6 Å². The Balaban J connectivity index is 0.00000182. The third-order valence-corrected chi connectivity index (χ3v) is 4.76. The molecule has 0 aliphatic heterocycles. The van der Waals surface area contributed by atoms with Crippen LogP contribution in [-0.4, -0.2) is 19.7 Å². The number of halogens is 1. The Labute approximate surface area is 150 Å². The summed E-state index contributed by atoms with van der Waals surface area (Å²) in [6.07, 6.45) is 3.88. The highest BCUT2D eigenvalue weighted by Gasteiger charge is 2.36. The molecule has 4 rings (SSSR count). The summed E-state index contributed by atoms with van der Waals surface area (Å²) in [6, 6.07) is 7.30. The van der Waals surface area contributed by atoms with Crippen LogP contribution < -0.4 is 11.3 Å². The van der Waals surface area contributed by atoms with Crippen LogP contribution in [-0.2, 0) is 12.1 Å². The third-order valence-electron chi connectivity index (χ3n) is 4.76. The highest BCUT2D eigenvalue weighted by Crippen LogP contribution is 2.34. The lowest BCUT2D eigenvalue weighted by Gasteiger charge is -2.17. The summed E-state index contributed by atoms with van der Waals surface area (Å²) in [4.78, 5) is 21.6. The standard InChI is InChI=1S/C17H19N5O2.ClH/c1-11-19-13-7-3-2-6-12(13)15(23)22(11)10-14-20-16(21-24-14)17(18)8-4-5-9-17;/h2-3,6-7H,4-5,8-10,18H2,1H3;1H. The number of rotatable bonds is 3. The molecule has 1 aliphatic rings. The molecule has 0 saturated heterocycles. The van der Waals surface area contributed by atoms with Crippen molar-refractivity contribution in [3.63, 3.8) is 0 Å². The van der Waals surface area contributed by atoms with Gasteiger partial charge in [-0.25, -0.2) is 4.98 Å². The van der Waals surface area contributed by atoms with E-state index in [-0.39, 0.29) is 24.5 Å². The molecule has 1 aliphatic carbocycles. The van der Waals surface area contributed by atoms with Gasteiger partial charge in [-0.15, -0.1) is 12.4 Å². The Morgan fingerprint density at radius 1 is 1.24 bits per heavy atom. The Morgan fingerprint density at radius 2 is 1.96 bits per heavy atom. The lowest BCUT2D eigenvalue weighted by Crippen LogP contribution is -2.34. The second kappa shape index (κ2) is 6.57. The second-order valence-corrected chi connectivity index (χ2v) is 6.44. The summed E-state index contributed by atoms with van der Waals surface area (Å²) < 4.78 is 6.89. The Morgan fingerprint density at radius 3 is 2.72 bits per heavy atom. The van der Waals surface area contributed by atoms with E-state index in [1.165, 1.54) is 0 Å². The zero-order valence-electron chi connectivity index (χ0n) is 13.9. The molecule has 0 bridgehead atoms. The first-order valence-electron chi connectivity index (χ1n) is 8.15. The van der Waals surface area contributed by atoms with Crippen LogP contribution >= 0.6 is 12.4 Å². The van der Waals surface area contributed by atoms with E-state index in [0.29, 0.717) is 28.4 Å². The molecule has 0 unspecified atom stereocenters. The number of benzene rings is 1. The van der Waals surface area contributed by atoms with Crippen molar-refractivity contribution in [2.45, 2.75) is 44.7 Å². The molecule has 1 aromatic carbocycles. The van der Waals surface area contributed by atoms with Crippen molar-refractivity contribution >= 4 is 23.3 Å². The van der Waals surface area contributed by atoms with Gasteiger partial charge in [0.1, 0.15) is 12.4 Å². The monoisotopic (exact) mass is 361 g/mol. The van der Waals surface area contributed by atoms with E-state index in [4.69, 9.17) is 10.3 Å². The molecule has 7 nitrogen and oxygen atoms in total. The number of aryl methyl sites for hydroxylation is 1. The molecule has 2 N–H and O–H groups in total. The van der Waals surface area contributed by atoms with Gasteiger partial charge in [-0.1, -0.05) is 30.1 Å². The summed E-state index contributed by atoms with van der Waals surface area (Å²) in [7, 11) is 0. The van der Waals surface area contributed by atoms with E-state index in [2.05, 4.69) is 15.1 Å². The fourth-order valence-corrected chi connectivity index (χ4v) is 3.35. The van der Waals surface area contributed by atoms with Crippen molar-refractivity contribution in [1.29, 1.82) is 0 Å². The van der Waals surface area contributed by atoms with Crippen LogP contribution in [0.2, 0.25) is 0 Å². The Kier molecular flexibility index (Phi) is 4.62. The minimum absolute atomic E-state index is 0. The highest BCUT2D eigenvalue weighted by atomic mass is 35.5. The smallest absolute Gasteiger partial charge is 0.261 e. The van der Waals surface area contributed by atoms with E-state index in [9.17, 15) is 4.79 Å². The summed E-state index contributed by atoms with van der Waals surface area (Å²) >= 11 is 0. The van der Waals surface area contributed by atoms with Gasteiger partial charge in [0.2, 0.25) is 5.89 Å². The van der Waals surface area contributed by atoms with Crippen LogP contribution in [0.4, 0.5) is 0 Å². The molecular weight excluding hydrogens is 342 g/mol. The van der Waals surface area contributed by atoms with Crippen molar-refractivity contribution in [3.05, 3.63) is 52.2 Å². The van der Waals surface area contributed by atoms with Gasteiger partial charge in [0.15, 0.2) is 5.82 Å². The minimum atomic E-state index is -0.497. The van der Waals surface area contributed by atoms with Crippen LogP contribution in [0.25, 0.3) is 10.9 Å². The molecule has 0 spiro atoms.